The maximum Gasteiger partial charge on any atom is 0.308 e. The molecule has 1 amide bonds. The van der Waals surface area contributed by atoms with Crippen molar-refractivity contribution in [3.05, 3.63) is 45.3 Å². The molecule has 1 aliphatic rings. The van der Waals surface area contributed by atoms with E-state index in [2.05, 4.69) is 20.8 Å². The highest BCUT2D eigenvalue weighted by molar-refractivity contribution is 8.06. The summed E-state index contributed by atoms with van der Waals surface area (Å²) in [4.78, 5) is 28.6. The third kappa shape index (κ3) is 6.19. The Labute approximate surface area is 177 Å². The van der Waals surface area contributed by atoms with Crippen molar-refractivity contribution in [2.45, 2.75) is 39.7 Å². The van der Waals surface area contributed by atoms with Gasteiger partial charge in [0.2, 0.25) is 0 Å². The largest absolute Gasteiger partial charge is 0.426 e. The van der Waals surface area contributed by atoms with Gasteiger partial charge in [0.25, 0.3) is 5.91 Å². The highest BCUT2D eigenvalue weighted by atomic mass is 32.2. The standard InChI is InChI=1S/C22H30N2O4S/c1-15(25)28-20-17(13-23(5)6)10-16(11-18(20)22(2,3)4)12-19-21(26)24(14-27-7)8-9-29-19/h8-12H,13-14H2,1-7H3. The van der Waals surface area contributed by atoms with Gasteiger partial charge in [-0.1, -0.05) is 32.5 Å². The van der Waals surface area contributed by atoms with Crippen LogP contribution in [0.2, 0.25) is 0 Å². The van der Waals surface area contributed by atoms with E-state index in [0.717, 1.165) is 16.7 Å². The van der Waals surface area contributed by atoms with Crippen LogP contribution >= 0.6 is 11.8 Å². The molecular weight excluding hydrogens is 388 g/mol. The number of ether oxygens (including phenoxy) is 2. The molecule has 0 radical (unpaired) electrons. The normalized spacial score (nSPS) is 16.1. The van der Waals surface area contributed by atoms with Crippen LogP contribution in [0.15, 0.2) is 28.6 Å². The lowest BCUT2D eigenvalue weighted by atomic mass is 9.83. The first kappa shape index (κ1) is 23.2. The molecule has 0 unspecified atom stereocenters. The molecule has 1 aliphatic heterocycles. The molecule has 0 aliphatic carbocycles. The van der Waals surface area contributed by atoms with Crippen molar-refractivity contribution < 1.29 is 19.1 Å². The van der Waals surface area contributed by atoms with E-state index in [-0.39, 0.29) is 24.0 Å². The van der Waals surface area contributed by atoms with Crippen LogP contribution in [0.5, 0.6) is 5.75 Å². The zero-order valence-electron chi connectivity index (χ0n) is 18.2. The highest BCUT2D eigenvalue weighted by Crippen LogP contribution is 2.37. The third-order valence-electron chi connectivity index (χ3n) is 4.20. The average molecular weight is 419 g/mol. The van der Waals surface area contributed by atoms with E-state index in [1.165, 1.54) is 23.6 Å². The smallest absolute Gasteiger partial charge is 0.308 e. The van der Waals surface area contributed by atoms with Gasteiger partial charge >= 0.3 is 5.97 Å². The molecule has 0 atom stereocenters. The second kappa shape index (κ2) is 9.61. The van der Waals surface area contributed by atoms with Crippen molar-refractivity contribution in [1.29, 1.82) is 0 Å². The van der Waals surface area contributed by atoms with E-state index in [0.29, 0.717) is 17.2 Å². The molecule has 2 rings (SSSR count). The minimum absolute atomic E-state index is 0.102. The Bertz CT molecular complexity index is 838. The van der Waals surface area contributed by atoms with Crippen LogP contribution in [0, 0.1) is 0 Å². The zero-order valence-corrected chi connectivity index (χ0v) is 19.1. The Morgan fingerprint density at radius 2 is 1.97 bits per heavy atom. The summed E-state index contributed by atoms with van der Waals surface area (Å²) in [5.41, 5.74) is 2.48. The van der Waals surface area contributed by atoms with Crippen LogP contribution in [0.3, 0.4) is 0 Å². The van der Waals surface area contributed by atoms with Crippen LogP contribution in [-0.4, -0.2) is 49.6 Å². The van der Waals surface area contributed by atoms with E-state index < -0.39 is 0 Å². The summed E-state index contributed by atoms with van der Waals surface area (Å²) in [7, 11) is 5.49. The molecular formula is C22H30N2O4S. The minimum atomic E-state index is -0.347. The van der Waals surface area contributed by atoms with Crippen LogP contribution in [0.4, 0.5) is 0 Å². The van der Waals surface area contributed by atoms with Crippen molar-refractivity contribution >= 4 is 29.7 Å². The topological polar surface area (TPSA) is 59.1 Å². The fourth-order valence-corrected chi connectivity index (χ4v) is 3.78. The number of nitrogens with zero attached hydrogens (tertiary/aromatic N) is 2. The van der Waals surface area contributed by atoms with Gasteiger partial charge in [0.1, 0.15) is 12.5 Å². The van der Waals surface area contributed by atoms with Gasteiger partial charge in [-0.25, -0.2) is 0 Å². The van der Waals surface area contributed by atoms with Crippen molar-refractivity contribution in [3.63, 3.8) is 0 Å². The van der Waals surface area contributed by atoms with Gasteiger partial charge in [-0.15, -0.1) is 0 Å². The van der Waals surface area contributed by atoms with Crippen LogP contribution < -0.4 is 4.74 Å². The predicted molar refractivity (Wildman–Crippen MR) is 117 cm³/mol. The van der Waals surface area contributed by atoms with Crippen molar-refractivity contribution in [2.24, 2.45) is 0 Å². The van der Waals surface area contributed by atoms with Gasteiger partial charge in [-0.05, 0) is 48.7 Å². The van der Waals surface area contributed by atoms with E-state index in [4.69, 9.17) is 9.47 Å². The minimum Gasteiger partial charge on any atom is -0.426 e. The maximum absolute atomic E-state index is 12.7. The fraction of sp³-hybridized carbons (Fsp3) is 0.455. The molecule has 0 N–H and O–H groups in total. The summed E-state index contributed by atoms with van der Waals surface area (Å²) >= 11 is 1.38. The number of hydrogen-bond acceptors (Lipinski definition) is 6. The number of carbonyl (C=O) groups is 2. The Kier molecular flexibility index (Phi) is 7.68. The first-order chi connectivity index (χ1) is 13.5. The number of methoxy groups -OCH3 is 1. The van der Waals surface area contributed by atoms with Gasteiger partial charge in [0.15, 0.2) is 0 Å². The molecule has 29 heavy (non-hydrogen) atoms. The molecule has 0 spiro atoms. The molecule has 1 aromatic carbocycles. The first-order valence-electron chi connectivity index (χ1n) is 9.38. The Hall–Kier alpha value is -2.09. The second-order valence-electron chi connectivity index (χ2n) is 8.24. The molecule has 158 valence electrons. The molecule has 1 aromatic rings. The van der Waals surface area contributed by atoms with Crippen molar-refractivity contribution in [2.75, 3.05) is 27.9 Å². The predicted octanol–water partition coefficient (Wildman–Crippen LogP) is 3.96. The molecule has 0 bridgehead atoms. The second-order valence-corrected chi connectivity index (χ2v) is 9.19. The lowest BCUT2D eigenvalue weighted by Crippen LogP contribution is -2.29. The number of thioether (sulfide) groups is 1. The van der Waals surface area contributed by atoms with E-state index in [1.807, 2.05) is 42.6 Å². The number of carbonyl (C=O) groups excluding carboxylic acids is 2. The lowest BCUT2D eigenvalue weighted by Gasteiger charge is -2.26. The summed E-state index contributed by atoms with van der Waals surface area (Å²) in [6.07, 6.45) is 3.60. The molecule has 0 aromatic heterocycles. The van der Waals surface area contributed by atoms with Gasteiger partial charge in [0.05, 0.1) is 4.91 Å². The maximum atomic E-state index is 12.7. The Morgan fingerprint density at radius 3 is 2.52 bits per heavy atom. The number of benzene rings is 1. The summed E-state index contributed by atoms with van der Waals surface area (Å²) in [6.45, 7) is 8.47. The fourth-order valence-electron chi connectivity index (χ4n) is 3.00. The third-order valence-corrected chi connectivity index (χ3v) is 5.01. The van der Waals surface area contributed by atoms with Crippen LogP contribution in [0.1, 0.15) is 44.4 Å². The molecule has 7 heteroatoms. The Balaban J connectivity index is 2.59. The quantitative estimate of drug-likeness (QED) is 0.396. The average Bonchev–Trinajstić information content (AvgIpc) is 2.58. The van der Waals surface area contributed by atoms with Gasteiger partial charge in [0, 0.05) is 37.9 Å². The lowest BCUT2D eigenvalue weighted by molar-refractivity contribution is -0.132. The highest BCUT2D eigenvalue weighted by Gasteiger charge is 2.25. The Morgan fingerprint density at radius 1 is 1.28 bits per heavy atom. The van der Waals surface area contributed by atoms with Crippen molar-refractivity contribution in [3.8, 4) is 5.75 Å². The van der Waals surface area contributed by atoms with E-state index in [1.54, 1.807) is 13.3 Å². The SMILES string of the molecule is COCN1C=CSC(=Cc2cc(CN(C)C)c(OC(C)=O)c(C(C)(C)C)c2)C1=O. The van der Waals surface area contributed by atoms with Gasteiger partial charge < -0.3 is 14.4 Å². The number of esters is 1. The van der Waals surface area contributed by atoms with E-state index in [9.17, 15) is 9.59 Å². The summed E-state index contributed by atoms with van der Waals surface area (Å²) in [6, 6.07) is 3.98. The zero-order chi connectivity index (χ0) is 21.8. The number of amides is 1. The van der Waals surface area contributed by atoms with Gasteiger partial charge in [-0.2, -0.15) is 0 Å². The van der Waals surface area contributed by atoms with Crippen LogP contribution in [0.25, 0.3) is 6.08 Å². The summed E-state index contributed by atoms with van der Waals surface area (Å²) in [5, 5.41) is 1.87. The van der Waals surface area contributed by atoms with Crippen molar-refractivity contribution in [1.82, 2.24) is 9.80 Å². The van der Waals surface area contributed by atoms with Crippen LogP contribution in [-0.2, 0) is 26.3 Å². The molecule has 0 saturated carbocycles. The molecule has 6 nitrogen and oxygen atoms in total. The summed E-state index contributed by atoms with van der Waals surface area (Å²) < 4.78 is 10.7. The molecule has 0 saturated heterocycles. The van der Waals surface area contributed by atoms with Gasteiger partial charge in [-0.3, -0.25) is 14.5 Å². The molecule has 0 fully saturated rings. The summed E-state index contributed by atoms with van der Waals surface area (Å²) in [5.74, 6) is 0.152. The molecule has 1 heterocycles. The first-order valence-corrected chi connectivity index (χ1v) is 10.3. The monoisotopic (exact) mass is 418 g/mol. The number of hydrogen-bond donors (Lipinski definition) is 0. The number of rotatable bonds is 6. The van der Waals surface area contributed by atoms with E-state index >= 15 is 0 Å².